The number of anilines is 1. The van der Waals surface area contributed by atoms with Crippen molar-refractivity contribution >= 4 is 23.4 Å². The first kappa shape index (κ1) is 16.5. The second-order valence-electron chi connectivity index (χ2n) is 6.12. The molecule has 0 saturated heterocycles. The summed E-state index contributed by atoms with van der Waals surface area (Å²) in [6.07, 6.45) is 0. The molecular formula is C14H21N5O2S. The number of aryl methyl sites for hydroxylation is 2. The minimum Gasteiger partial charge on any atom is -0.339 e. The monoisotopic (exact) mass is 323 g/mol. The predicted octanol–water partition coefficient (Wildman–Crippen LogP) is 2.58. The maximum absolute atomic E-state index is 11.9. The lowest BCUT2D eigenvalue weighted by atomic mass is 9.97. The van der Waals surface area contributed by atoms with Crippen LogP contribution in [-0.4, -0.2) is 32.0 Å². The average molecular weight is 323 g/mol. The normalized spacial score (nSPS) is 11.7. The molecule has 2 heterocycles. The number of carbonyl (C=O) groups excluding carboxylic acids is 1. The summed E-state index contributed by atoms with van der Waals surface area (Å²) >= 11 is 1.44. The smallest absolute Gasteiger partial charge is 0.234 e. The molecular weight excluding hydrogens is 302 g/mol. The van der Waals surface area contributed by atoms with Crippen molar-refractivity contribution in [3.8, 4) is 0 Å². The first-order valence-electron chi connectivity index (χ1n) is 6.99. The number of nitrogens with zero attached hydrogens (tertiary/aromatic N) is 3. The number of thioether (sulfide) groups is 1. The van der Waals surface area contributed by atoms with Crippen LogP contribution in [0.4, 0.5) is 5.69 Å². The number of aromatic amines is 1. The van der Waals surface area contributed by atoms with Gasteiger partial charge in [-0.3, -0.25) is 9.89 Å². The largest absolute Gasteiger partial charge is 0.339 e. The molecule has 0 unspecified atom stereocenters. The number of carbonyl (C=O) groups is 1. The maximum atomic E-state index is 11.9. The van der Waals surface area contributed by atoms with Crippen LogP contribution >= 0.6 is 11.8 Å². The molecule has 0 aromatic carbocycles. The quantitative estimate of drug-likeness (QED) is 0.878. The Bertz CT molecular complexity index is 637. The van der Waals surface area contributed by atoms with Crippen LogP contribution in [0.5, 0.6) is 0 Å². The van der Waals surface area contributed by atoms with Gasteiger partial charge in [-0.05, 0) is 13.8 Å². The van der Waals surface area contributed by atoms with E-state index in [0.717, 1.165) is 17.1 Å². The van der Waals surface area contributed by atoms with Gasteiger partial charge in [0, 0.05) is 5.41 Å². The SMILES string of the molecule is Cc1n[nH]c(C)c1NC(=O)CSCc1noc(C(C)(C)C)n1. The van der Waals surface area contributed by atoms with E-state index in [9.17, 15) is 4.79 Å². The zero-order chi connectivity index (χ0) is 16.3. The molecule has 0 spiro atoms. The summed E-state index contributed by atoms with van der Waals surface area (Å²) in [5, 5.41) is 13.7. The standard InChI is InChI=1S/C14H21N5O2S/c1-8-12(9(2)18-17-8)16-11(20)7-22-6-10-15-13(21-19-10)14(3,4)5/h6-7H2,1-5H3,(H,16,20)(H,17,18). The lowest BCUT2D eigenvalue weighted by molar-refractivity contribution is -0.113. The fourth-order valence-corrected chi connectivity index (χ4v) is 2.42. The molecule has 0 aliphatic carbocycles. The second kappa shape index (κ2) is 6.51. The van der Waals surface area contributed by atoms with Gasteiger partial charge >= 0.3 is 0 Å². The number of amides is 1. The summed E-state index contributed by atoms with van der Waals surface area (Å²) in [6, 6.07) is 0. The molecule has 7 nitrogen and oxygen atoms in total. The van der Waals surface area contributed by atoms with E-state index >= 15 is 0 Å². The van der Waals surface area contributed by atoms with Crippen molar-refractivity contribution in [1.29, 1.82) is 0 Å². The van der Waals surface area contributed by atoms with Crippen LogP contribution in [0, 0.1) is 13.8 Å². The van der Waals surface area contributed by atoms with Crippen molar-refractivity contribution in [3.05, 3.63) is 23.1 Å². The van der Waals surface area contributed by atoms with E-state index in [2.05, 4.69) is 25.7 Å². The minimum atomic E-state index is -0.163. The third-order valence-electron chi connectivity index (χ3n) is 2.97. The van der Waals surface area contributed by atoms with Gasteiger partial charge in [0.2, 0.25) is 11.8 Å². The Hall–Kier alpha value is -1.83. The van der Waals surface area contributed by atoms with Gasteiger partial charge in [-0.25, -0.2) is 0 Å². The van der Waals surface area contributed by atoms with Gasteiger partial charge in [-0.15, -0.1) is 11.8 Å². The summed E-state index contributed by atoms with van der Waals surface area (Å²) in [6.45, 7) is 9.76. The molecule has 22 heavy (non-hydrogen) atoms. The van der Waals surface area contributed by atoms with Crippen LogP contribution in [0.1, 0.15) is 43.9 Å². The van der Waals surface area contributed by atoms with E-state index in [0.29, 0.717) is 23.2 Å². The third-order valence-corrected chi connectivity index (χ3v) is 3.90. The Labute approximate surface area is 133 Å². The Morgan fingerprint density at radius 1 is 1.36 bits per heavy atom. The topological polar surface area (TPSA) is 96.7 Å². The number of hydrogen-bond acceptors (Lipinski definition) is 6. The van der Waals surface area contributed by atoms with Crippen LogP contribution in [0.25, 0.3) is 0 Å². The van der Waals surface area contributed by atoms with Crippen molar-refractivity contribution in [2.45, 2.75) is 45.8 Å². The van der Waals surface area contributed by atoms with E-state index < -0.39 is 0 Å². The molecule has 0 fully saturated rings. The Balaban J connectivity index is 1.81. The molecule has 120 valence electrons. The van der Waals surface area contributed by atoms with Crippen LogP contribution in [0.2, 0.25) is 0 Å². The highest BCUT2D eigenvalue weighted by atomic mass is 32.2. The number of H-pyrrole nitrogens is 1. The molecule has 2 rings (SSSR count). The number of hydrogen-bond donors (Lipinski definition) is 2. The van der Waals surface area contributed by atoms with Crippen molar-refractivity contribution in [3.63, 3.8) is 0 Å². The summed E-state index contributed by atoms with van der Waals surface area (Å²) in [5.41, 5.74) is 2.22. The molecule has 2 aromatic heterocycles. The zero-order valence-corrected chi connectivity index (χ0v) is 14.3. The summed E-state index contributed by atoms with van der Waals surface area (Å²) < 4.78 is 5.22. The molecule has 0 aliphatic heterocycles. The van der Waals surface area contributed by atoms with Gasteiger partial charge in [0.05, 0.1) is 28.6 Å². The van der Waals surface area contributed by atoms with E-state index in [4.69, 9.17) is 4.52 Å². The Kier molecular flexibility index (Phi) is 4.90. The van der Waals surface area contributed by atoms with Crippen LogP contribution in [0.3, 0.4) is 0 Å². The minimum absolute atomic E-state index is 0.0721. The highest BCUT2D eigenvalue weighted by Crippen LogP contribution is 2.21. The molecule has 1 amide bonds. The number of nitrogens with one attached hydrogen (secondary N) is 2. The van der Waals surface area contributed by atoms with Crippen LogP contribution in [-0.2, 0) is 16.0 Å². The van der Waals surface area contributed by atoms with E-state index in [-0.39, 0.29) is 11.3 Å². The molecule has 2 aromatic rings. The fraction of sp³-hybridized carbons (Fsp3) is 0.571. The lowest BCUT2D eigenvalue weighted by Crippen LogP contribution is -2.15. The highest BCUT2D eigenvalue weighted by Gasteiger charge is 2.21. The van der Waals surface area contributed by atoms with Gasteiger partial charge in [-0.1, -0.05) is 25.9 Å². The Morgan fingerprint density at radius 2 is 2.09 bits per heavy atom. The van der Waals surface area contributed by atoms with Gasteiger partial charge < -0.3 is 9.84 Å². The van der Waals surface area contributed by atoms with E-state index in [1.807, 2.05) is 34.6 Å². The van der Waals surface area contributed by atoms with Gasteiger partial charge in [0.25, 0.3) is 0 Å². The Morgan fingerprint density at radius 3 is 2.64 bits per heavy atom. The first-order chi connectivity index (χ1) is 10.3. The molecule has 0 atom stereocenters. The fourth-order valence-electron chi connectivity index (χ4n) is 1.76. The van der Waals surface area contributed by atoms with Crippen molar-refractivity contribution in [2.24, 2.45) is 0 Å². The molecule has 8 heteroatoms. The molecule has 0 saturated carbocycles. The summed E-state index contributed by atoms with van der Waals surface area (Å²) in [7, 11) is 0. The van der Waals surface area contributed by atoms with Gasteiger partial charge in [-0.2, -0.15) is 10.1 Å². The second-order valence-corrected chi connectivity index (χ2v) is 7.10. The van der Waals surface area contributed by atoms with Crippen molar-refractivity contribution < 1.29 is 9.32 Å². The molecule has 0 bridgehead atoms. The first-order valence-corrected chi connectivity index (χ1v) is 8.15. The van der Waals surface area contributed by atoms with Crippen molar-refractivity contribution in [1.82, 2.24) is 20.3 Å². The third kappa shape index (κ3) is 4.09. The van der Waals surface area contributed by atoms with Crippen LogP contribution < -0.4 is 5.32 Å². The average Bonchev–Trinajstić information content (AvgIpc) is 3.00. The van der Waals surface area contributed by atoms with Crippen LogP contribution in [0.15, 0.2) is 4.52 Å². The summed E-state index contributed by atoms with van der Waals surface area (Å²) in [5.74, 6) is 2.01. The van der Waals surface area contributed by atoms with Crippen molar-refractivity contribution in [2.75, 3.05) is 11.1 Å². The highest BCUT2D eigenvalue weighted by molar-refractivity contribution is 7.99. The van der Waals surface area contributed by atoms with E-state index in [1.54, 1.807) is 0 Å². The summed E-state index contributed by atoms with van der Waals surface area (Å²) in [4.78, 5) is 16.3. The molecule has 0 aliphatic rings. The van der Waals surface area contributed by atoms with E-state index in [1.165, 1.54) is 11.8 Å². The van der Waals surface area contributed by atoms with Gasteiger partial charge in [0.1, 0.15) is 0 Å². The zero-order valence-electron chi connectivity index (χ0n) is 13.5. The maximum Gasteiger partial charge on any atom is 0.234 e. The van der Waals surface area contributed by atoms with Gasteiger partial charge in [0.15, 0.2) is 5.82 Å². The molecule has 2 N–H and O–H groups in total. The number of rotatable bonds is 5. The lowest BCUT2D eigenvalue weighted by Gasteiger charge is -2.10. The molecule has 0 radical (unpaired) electrons. The number of aromatic nitrogens is 4. The predicted molar refractivity (Wildman–Crippen MR) is 85.9 cm³/mol.